The molecule has 3 rings (SSSR count). The van der Waals surface area contributed by atoms with E-state index >= 15 is 0 Å². The summed E-state index contributed by atoms with van der Waals surface area (Å²) in [6.07, 6.45) is 4.75. The van der Waals surface area contributed by atoms with Gasteiger partial charge in [0, 0.05) is 32.2 Å². The number of aryl methyl sites for hydroxylation is 1. The molecule has 0 bridgehead atoms. The molecule has 1 saturated carbocycles. The highest BCUT2D eigenvalue weighted by molar-refractivity contribution is 5.75. The molecule has 1 aliphatic heterocycles. The lowest BCUT2D eigenvalue weighted by Gasteiger charge is -2.37. The van der Waals surface area contributed by atoms with Gasteiger partial charge in [0.2, 0.25) is 0 Å². The zero-order valence-corrected chi connectivity index (χ0v) is 14.2. The summed E-state index contributed by atoms with van der Waals surface area (Å²) in [6.45, 7) is 5.30. The lowest BCUT2D eigenvalue weighted by Crippen LogP contribution is -2.53. The van der Waals surface area contributed by atoms with Crippen LogP contribution in [0.25, 0.3) is 0 Å². The van der Waals surface area contributed by atoms with E-state index in [4.69, 9.17) is 4.74 Å². The molecule has 1 saturated heterocycles. The molecule has 2 amide bonds. The van der Waals surface area contributed by atoms with Gasteiger partial charge in [0.05, 0.1) is 12.8 Å². The molecule has 0 unspecified atom stereocenters. The molecular weight excluding hydrogens is 290 g/mol. The van der Waals surface area contributed by atoms with E-state index in [1.54, 1.807) is 7.11 Å². The highest BCUT2D eigenvalue weighted by Gasteiger charge is 2.25. The lowest BCUT2D eigenvalue weighted by molar-refractivity contribution is 0.190. The predicted molar refractivity (Wildman–Crippen MR) is 92.3 cm³/mol. The Labute approximate surface area is 138 Å². The Morgan fingerprint density at radius 3 is 2.52 bits per heavy atom. The third-order valence-electron chi connectivity index (χ3n) is 4.92. The fourth-order valence-corrected chi connectivity index (χ4v) is 3.53. The Balaban J connectivity index is 1.57. The molecule has 0 spiro atoms. The molecule has 2 aliphatic rings. The summed E-state index contributed by atoms with van der Waals surface area (Å²) in [5.41, 5.74) is 2.35. The van der Waals surface area contributed by atoms with Crippen LogP contribution in [0.15, 0.2) is 18.2 Å². The summed E-state index contributed by atoms with van der Waals surface area (Å²) >= 11 is 0. The van der Waals surface area contributed by atoms with Crippen LogP contribution in [0, 0.1) is 6.92 Å². The molecule has 23 heavy (non-hydrogen) atoms. The van der Waals surface area contributed by atoms with Crippen LogP contribution in [-0.4, -0.2) is 50.3 Å². The maximum atomic E-state index is 12.3. The molecule has 1 N–H and O–H groups in total. The van der Waals surface area contributed by atoms with Gasteiger partial charge in [-0.2, -0.15) is 0 Å². The molecule has 5 nitrogen and oxygen atoms in total. The average molecular weight is 317 g/mol. The van der Waals surface area contributed by atoms with E-state index < -0.39 is 0 Å². The smallest absolute Gasteiger partial charge is 0.317 e. The molecule has 126 valence electrons. The van der Waals surface area contributed by atoms with Crippen LogP contribution in [0.4, 0.5) is 10.5 Å². The molecule has 1 aromatic rings. The number of nitrogens with zero attached hydrogens (tertiary/aromatic N) is 2. The van der Waals surface area contributed by atoms with Crippen molar-refractivity contribution >= 4 is 11.7 Å². The number of urea groups is 1. The minimum Gasteiger partial charge on any atom is -0.495 e. The summed E-state index contributed by atoms with van der Waals surface area (Å²) in [5.74, 6) is 0.902. The van der Waals surface area contributed by atoms with Crippen LogP contribution in [0.1, 0.15) is 31.2 Å². The van der Waals surface area contributed by atoms with Crippen LogP contribution in [0.3, 0.4) is 0 Å². The topological polar surface area (TPSA) is 44.8 Å². The zero-order chi connectivity index (χ0) is 16.2. The highest BCUT2D eigenvalue weighted by atomic mass is 16.5. The number of anilines is 1. The molecule has 0 atom stereocenters. The Hall–Kier alpha value is -1.91. The van der Waals surface area contributed by atoms with Crippen LogP contribution < -0.4 is 15.0 Å². The second-order valence-electron chi connectivity index (χ2n) is 6.58. The van der Waals surface area contributed by atoms with Crippen molar-refractivity contribution in [3.63, 3.8) is 0 Å². The van der Waals surface area contributed by atoms with Crippen molar-refractivity contribution in [2.75, 3.05) is 38.2 Å². The maximum absolute atomic E-state index is 12.3. The van der Waals surface area contributed by atoms with Crippen molar-refractivity contribution in [3.05, 3.63) is 23.8 Å². The number of piperazine rings is 1. The van der Waals surface area contributed by atoms with Crippen molar-refractivity contribution < 1.29 is 9.53 Å². The zero-order valence-electron chi connectivity index (χ0n) is 14.2. The number of rotatable bonds is 3. The van der Waals surface area contributed by atoms with E-state index in [2.05, 4.69) is 29.3 Å². The summed E-state index contributed by atoms with van der Waals surface area (Å²) in [4.78, 5) is 16.6. The second-order valence-corrected chi connectivity index (χ2v) is 6.58. The van der Waals surface area contributed by atoms with Gasteiger partial charge in [0.25, 0.3) is 0 Å². The first-order chi connectivity index (χ1) is 11.2. The largest absolute Gasteiger partial charge is 0.495 e. The van der Waals surface area contributed by atoms with E-state index in [-0.39, 0.29) is 6.03 Å². The van der Waals surface area contributed by atoms with Gasteiger partial charge in [0.15, 0.2) is 0 Å². The number of ether oxygens (including phenoxy) is 1. The number of carbonyl (C=O) groups is 1. The molecule has 2 fully saturated rings. The fraction of sp³-hybridized carbons (Fsp3) is 0.611. The molecule has 5 heteroatoms. The molecule has 0 aromatic heterocycles. The van der Waals surface area contributed by atoms with E-state index in [1.165, 1.54) is 18.4 Å². The quantitative estimate of drug-likeness (QED) is 0.932. The van der Waals surface area contributed by atoms with E-state index in [0.717, 1.165) is 50.5 Å². The molecular formula is C18H27N3O2. The fourth-order valence-electron chi connectivity index (χ4n) is 3.53. The maximum Gasteiger partial charge on any atom is 0.317 e. The van der Waals surface area contributed by atoms with Gasteiger partial charge in [-0.3, -0.25) is 0 Å². The summed E-state index contributed by atoms with van der Waals surface area (Å²) in [5, 5.41) is 3.18. The standard InChI is InChI=1S/C18H27N3O2/c1-14-7-8-17(23-2)16(13-14)20-9-11-21(12-10-20)18(22)19-15-5-3-4-6-15/h7-8,13,15H,3-6,9-12H2,1-2H3,(H,19,22). The van der Waals surface area contributed by atoms with Crippen LogP contribution in [-0.2, 0) is 0 Å². The Morgan fingerprint density at radius 1 is 1.17 bits per heavy atom. The normalized spacial score (nSPS) is 19.0. The van der Waals surface area contributed by atoms with E-state index in [1.807, 2.05) is 11.0 Å². The number of hydrogen-bond donors (Lipinski definition) is 1. The van der Waals surface area contributed by atoms with E-state index in [9.17, 15) is 4.79 Å². The van der Waals surface area contributed by atoms with Gasteiger partial charge < -0.3 is 19.9 Å². The number of methoxy groups -OCH3 is 1. The molecule has 1 aromatic carbocycles. The third-order valence-corrected chi connectivity index (χ3v) is 4.92. The summed E-state index contributed by atoms with van der Waals surface area (Å²) in [6, 6.07) is 6.73. The molecule has 0 radical (unpaired) electrons. The first kappa shape index (κ1) is 16.0. The predicted octanol–water partition coefficient (Wildman–Crippen LogP) is 2.78. The number of nitrogens with one attached hydrogen (secondary N) is 1. The van der Waals surface area contributed by atoms with Crippen molar-refractivity contribution in [2.45, 2.75) is 38.6 Å². The van der Waals surface area contributed by atoms with Crippen LogP contribution >= 0.6 is 0 Å². The number of amides is 2. The SMILES string of the molecule is COc1ccc(C)cc1N1CCN(C(=O)NC2CCCC2)CC1. The Bertz CT molecular complexity index is 547. The van der Waals surface area contributed by atoms with Crippen LogP contribution in [0.5, 0.6) is 5.75 Å². The average Bonchev–Trinajstić information content (AvgIpc) is 3.08. The summed E-state index contributed by atoms with van der Waals surface area (Å²) < 4.78 is 5.48. The molecule has 1 aliphatic carbocycles. The molecule has 1 heterocycles. The number of hydrogen-bond acceptors (Lipinski definition) is 3. The minimum absolute atomic E-state index is 0.104. The van der Waals surface area contributed by atoms with Gasteiger partial charge in [-0.15, -0.1) is 0 Å². The summed E-state index contributed by atoms with van der Waals surface area (Å²) in [7, 11) is 1.71. The van der Waals surface area contributed by atoms with E-state index in [0.29, 0.717) is 6.04 Å². The van der Waals surface area contributed by atoms with Gasteiger partial charge in [-0.1, -0.05) is 18.9 Å². The highest BCUT2D eigenvalue weighted by Crippen LogP contribution is 2.30. The van der Waals surface area contributed by atoms with Gasteiger partial charge in [-0.05, 0) is 37.5 Å². The van der Waals surface area contributed by atoms with Crippen LogP contribution in [0.2, 0.25) is 0 Å². The monoisotopic (exact) mass is 317 g/mol. The van der Waals surface area contributed by atoms with Gasteiger partial charge >= 0.3 is 6.03 Å². The Kier molecular flexibility index (Phi) is 4.94. The lowest BCUT2D eigenvalue weighted by atomic mass is 10.1. The van der Waals surface area contributed by atoms with Crippen molar-refractivity contribution in [1.82, 2.24) is 10.2 Å². The third kappa shape index (κ3) is 3.71. The van der Waals surface area contributed by atoms with Crippen molar-refractivity contribution in [3.8, 4) is 5.75 Å². The van der Waals surface area contributed by atoms with Crippen molar-refractivity contribution in [2.24, 2.45) is 0 Å². The Morgan fingerprint density at radius 2 is 1.87 bits per heavy atom. The van der Waals surface area contributed by atoms with Crippen molar-refractivity contribution in [1.29, 1.82) is 0 Å². The number of benzene rings is 1. The second kappa shape index (κ2) is 7.11. The first-order valence-corrected chi connectivity index (χ1v) is 8.62. The number of carbonyl (C=O) groups excluding carboxylic acids is 1. The van der Waals surface area contributed by atoms with Gasteiger partial charge in [-0.25, -0.2) is 4.79 Å². The minimum atomic E-state index is 0.104. The van der Waals surface area contributed by atoms with Gasteiger partial charge in [0.1, 0.15) is 5.75 Å². The first-order valence-electron chi connectivity index (χ1n) is 8.62.